The maximum atomic E-state index is 12.5. The van der Waals surface area contributed by atoms with Crippen LogP contribution in [-0.4, -0.2) is 27.7 Å². The summed E-state index contributed by atoms with van der Waals surface area (Å²) in [6.45, 7) is 3.69. The van der Waals surface area contributed by atoms with Gasteiger partial charge in [-0.2, -0.15) is 0 Å². The van der Waals surface area contributed by atoms with Crippen molar-refractivity contribution < 1.29 is 13.2 Å². The van der Waals surface area contributed by atoms with Crippen LogP contribution in [0.15, 0.2) is 27.6 Å². The lowest BCUT2D eigenvalue weighted by molar-refractivity contribution is 0.0585. The Labute approximate surface area is 134 Å². The third-order valence-corrected chi connectivity index (χ3v) is 6.37. The Kier molecular flexibility index (Phi) is 5.79. The highest BCUT2D eigenvalue weighted by Crippen LogP contribution is 2.25. The van der Waals surface area contributed by atoms with E-state index in [1.807, 2.05) is 6.92 Å². The van der Waals surface area contributed by atoms with Crippen LogP contribution in [0.1, 0.15) is 25.3 Å². The summed E-state index contributed by atoms with van der Waals surface area (Å²) in [4.78, 5) is 0.249. The van der Waals surface area contributed by atoms with Gasteiger partial charge in [-0.25, -0.2) is 13.1 Å². The fourth-order valence-corrected chi connectivity index (χ4v) is 4.95. The van der Waals surface area contributed by atoms with Crippen LogP contribution in [0.4, 0.5) is 0 Å². The SMILES string of the molecule is CC(NS(=O)(=O)c1ccc(CN)cc1Br)C1CCOCC1. The minimum atomic E-state index is -3.54. The lowest BCUT2D eigenvalue weighted by Gasteiger charge is -2.28. The van der Waals surface area contributed by atoms with Gasteiger partial charge in [0.15, 0.2) is 0 Å². The Morgan fingerprint density at radius 3 is 2.67 bits per heavy atom. The number of benzene rings is 1. The molecule has 0 spiro atoms. The minimum Gasteiger partial charge on any atom is -0.381 e. The van der Waals surface area contributed by atoms with Crippen LogP contribution in [0.3, 0.4) is 0 Å². The summed E-state index contributed by atoms with van der Waals surface area (Å²) >= 11 is 3.31. The Hall–Kier alpha value is -0.470. The van der Waals surface area contributed by atoms with Crippen molar-refractivity contribution in [1.29, 1.82) is 0 Å². The van der Waals surface area contributed by atoms with Crippen LogP contribution in [0.25, 0.3) is 0 Å². The van der Waals surface area contributed by atoms with Crippen molar-refractivity contribution in [3.8, 4) is 0 Å². The Balaban J connectivity index is 2.14. The van der Waals surface area contributed by atoms with Gasteiger partial charge in [-0.05, 0) is 59.3 Å². The van der Waals surface area contributed by atoms with Crippen molar-refractivity contribution in [3.63, 3.8) is 0 Å². The van der Waals surface area contributed by atoms with Crippen LogP contribution in [0, 0.1) is 5.92 Å². The molecule has 2 rings (SSSR count). The second kappa shape index (κ2) is 7.19. The maximum absolute atomic E-state index is 12.5. The van der Waals surface area contributed by atoms with Crippen molar-refractivity contribution in [1.82, 2.24) is 4.72 Å². The molecular weight excluding hydrogens is 356 g/mol. The molecular formula is C14H21BrN2O3S. The quantitative estimate of drug-likeness (QED) is 0.823. The van der Waals surface area contributed by atoms with Crippen molar-refractivity contribution in [2.24, 2.45) is 11.7 Å². The molecule has 7 heteroatoms. The smallest absolute Gasteiger partial charge is 0.241 e. The van der Waals surface area contributed by atoms with Gasteiger partial charge in [-0.1, -0.05) is 6.07 Å². The van der Waals surface area contributed by atoms with E-state index in [-0.39, 0.29) is 10.9 Å². The molecule has 1 atom stereocenters. The Morgan fingerprint density at radius 1 is 1.43 bits per heavy atom. The zero-order valence-electron chi connectivity index (χ0n) is 12.0. The van der Waals surface area contributed by atoms with Crippen molar-refractivity contribution >= 4 is 26.0 Å². The average molecular weight is 377 g/mol. The molecule has 118 valence electrons. The minimum absolute atomic E-state index is 0.111. The fourth-order valence-electron chi connectivity index (χ4n) is 2.51. The lowest BCUT2D eigenvalue weighted by Crippen LogP contribution is -2.40. The van der Waals surface area contributed by atoms with Gasteiger partial charge in [0, 0.05) is 30.3 Å². The van der Waals surface area contributed by atoms with Crippen LogP contribution in [-0.2, 0) is 21.3 Å². The first-order valence-electron chi connectivity index (χ1n) is 7.02. The number of sulfonamides is 1. The molecule has 1 aliphatic rings. The number of nitrogens with one attached hydrogen (secondary N) is 1. The first-order valence-corrected chi connectivity index (χ1v) is 9.30. The number of hydrogen-bond donors (Lipinski definition) is 2. The van der Waals surface area contributed by atoms with Gasteiger partial charge in [-0.3, -0.25) is 0 Å². The highest BCUT2D eigenvalue weighted by molar-refractivity contribution is 9.10. The predicted molar refractivity (Wildman–Crippen MR) is 85.4 cm³/mol. The molecule has 0 amide bonds. The Bertz CT molecular complexity index is 586. The van der Waals surface area contributed by atoms with Gasteiger partial charge in [0.25, 0.3) is 0 Å². The lowest BCUT2D eigenvalue weighted by atomic mass is 9.94. The number of ether oxygens (including phenoxy) is 1. The second-order valence-electron chi connectivity index (χ2n) is 5.33. The standard InChI is InChI=1S/C14H21BrN2O3S/c1-10(12-4-6-20-7-5-12)17-21(18,19)14-3-2-11(9-16)8-13(14)15/h2-3,8,10,12,17H,4-7,9,16H2,1H3. The summed E-state index contributed by atoms with van der Waals surface area (Å²) in [5.74, 6) is 0.315. The number of halogens is 1. The molecule has 1 aromatic carbocycles. The Morgan fingerprint density at radius 2 is 2.10 bits per heavy atom. The van der Waals surface area contributed by atoms with Gasteiger partial charge in [0.1, 0.15) is 0 Å². The van der Waals surface area contributed by atoms with Gasteiger partial charge >= 0.3 is 0 Å². The average Bonchev–Trinajstić information content (AvgIpc) is 2.47. The molecule has 21 heavy (non-hydrogen) atoms. The molecule has 1 fully saturated rings. The monoisotopic (exact) mass is 376 g/mol. The molecule has 0 radical (unpaired) electrons. The van der Waals surface area contributed by atoms with E-state index in [1.165, 1.54) is 0 Å². The number of rotatable bonds is 5. The van der Waals surface area contributed by atoms with Crippen LogP contribution in [0.2, 0.25) is 0 Å². The van der Waals surface area contributed by atoms with E-state index in [1.54, 1.807) is 18.2 Å². The van der Waals surface area contributed by atoms with Crippen molar-refractivity contribution in [3.05, 3.63) is 28.2 Å². The molecule has 0 bridgehead atoms. The maximum Gasteiger partial charge on any atom is 0.241 e. The van der Waals surface area contributed by atoms with Crippen LogP contribution < -0.4 is 10.5 Å². The molecule has 0 aliphatic carbocycles. The predicted octanol–water partition coefficient (Wildman–Crippen LogP) is 2.00. The van der Waals surface area contributed by atoms with E-state index in [0.29, 0.717) is 30.1 Å². The first-order chi connectivity index (χ1) is 9.94. The summed E-state index contributed by atoms with van der Waals surface area (Å²) in [5.41, 5.74) is 6.45. The van der Waals surface area contributed by atoms with E-state index in [2.05, 4.69) is 20.7 Å². The molecule has 0 aromatic heterocycles. The molecule has 1 aromatic rings. The summed E-state index contributed by atoms with van der Waals surface area (Å²) in [6.07, 6.45) is 1.77. The fraction of sp³-hybridized carbons (Fsp3) is 0.571. The molecule has 1 saturated heterocycles. The van der Waals surface area contributed by atoms with Crippen molar-refractivity contribution in [2.45, 2.75) is 37.2 Å². The first kappa shape index (κ1) is 16.9. The van der Waals surface area contributed by atoms with Crippen molar-refractivity contribution in [2.75, 3.05) is 13.2 Å². The van der Waals surface area contributed by atoms with Gasteiger partial charge in [0.2, 0.25) is 10.0 Å². The summed E-state index contributed by atoms with van der Waals surface area (Å²) in [6, 6.07) is 4.96. The van der Waals surface area contributed by atoms with Gasteiger partial charge in [-0.15, -0.1) is 0 Å². The third-order valence-electron chi connectivity index (χ3n) is 3.84. The zero-order chi connectivity index (χ0) is 15.5. The topological polar surface area (TPSA) is 81.4 Å². The summed E-state index contributed by atoms with van der Waals surface area (Å²) < 4.78 is 33.6. The third kappa shape index (κ3) is 4.26. The zero-order valence-corrected chi connectivity index (χ0v) is 14.4. The molecule has 1 aliphatic heterocycles. The van der Waals surface area contributed by atoms with Gasteiger partial charge in [0.05, 0.1) is 4.90 Å². The van der Waals surface area contributed by atoms with Crippen LogP contribution in [0.5, 0.6) is 0 Å². The van der Waals surface area contributed by atoms with Crippen LogP contribution >= 0.6 is 15.9 Å². The van der Waals surface area contributed by atoms with Gasteiger partial charge < -0.3 is 10.5 Å². The van der Waals surface area contributed by atoms with E-state index in [4.69, 9.17) is 10.5 Å². The molecule has 0 saturated carbocycles. The number of hydrogen-bond acceptors (Lipinski definition) is 4. The van der Waals surface area contributed by atoms with E-state index in [0.717, 1.165) is 18.4 Å². The van der Waals surface area contributed by atoms with E-state index in [9.17, 15) is 8.42 Å². The normalized spacial score (nSPS) is 18.6. The summed E-state index contributed by atoms with van der Waals surface area (Å²) in [7, 11) is -3.54. The molecule has 1 unspecified atom stereocenters. The molecule has 5 nitrogen and oxygen atoms in total. The molecule has 1 heterocycles. The highest BCUT2D eigenvalue weighted by Gasteiger charge is 2.26. The highest BCUT2D eigenvalue weighted by atomic mass is 79.9. The molecule has 3 N–H and O–H groups in total. The van der Waals surface area contributed by atoms with E-state index < -0.39 is 10.0 Å². The second-order valence-corrected chi connectivity index (χ2v) is 7.87. The largest absolute Gasteiger partial charge is 0.381 e. The number of nitrogens with two attached hydrogens (primary N) is 1. The van der Waals surface area contributed by atoms with E-state index >= 15 is 0 Å². The summed E-state index contributed by atoms with van der Waals surface area (Å²) in [5, 5.41) is 0.